The van der Waals surface area contributed by atoms with Crippen molar-refractivity contribution in [2.75, 3.05) is 43.9 Å². The summed E-state index contributed by atoms with van der Waals surface area (Å²) in [6, 6.07) is 15.6. The Morgan fingerprint density at radius 2 is 1.84 bits per heavy atom. The van der Waals surface area contributed by atoms with Crippen molar-refractivity contribution >= 4 is 35.0 Å². The lowest BCUT2D eigenvalue weighted by atomic mass is 10.1. The van der Waals surface area contributed by atoms with Gasteiger partial charge in [0, 0.05) is 68.3 Å². The van der Waals surface area contributed by atoms with E-state index in [4.69, 9.17) is 0 Å². The van der Waals surface area contributed by atoms with E-state index in [0.717, 1.165) is 68.1 Å². The number of benzene rings is 2. The van der Waals surface area contributed by atoms with Crippen LogP contribution in [-0.4, -0.2) is 65.1 Å². The highest BCUT2D eigenvalue weighted by Gasteiger charge is 2.15. The molecule has 0 saturated carbocycles. The van der Waals surface area contributed by atoms with Crippen LogP contribution in [-0.2, 0) is 6.54 Å². The van der Waals surface area contributed by atoms with E-state index in [1.165, 1.54) is 5.56 Å². The minimum absolute atomic E-state index is 0.135. The molecular formula is C29H33N7O. The summed E-state index contributed by atoms with van der Waals surface area (Å²) in [7, 11) is 2.16. The number of allylic oxidation sites excluding steroid dienone is 1. The number of amides is 1. The lowest BCUT2D eigenvalue weighted by Crippen LogP contribution is -2.43. The van der Waals surface area contributed by atoms with Gasteiger partial charge in [0.1, 0.15) is 0 Å². The third-order valence-electron chi connectivity index (χ3n) is 6.82. The first-order chi connectivity index (χ1) is 18.0. The summed E-state index contributed by atoms with van der Waals surface area (Å²) < 4.78 is 0. The van der Waals surface area contributed by atoms with Gasteiger partial charge in [-0.3, -0.25) is 14.7 Å². The minimum Gasteiger partial charge on any atom is -0.324 e. The average Bonchev–Trinajstić information content (AvgIpc) is 2.93. The Hall–Kier alpha value is -3.88. The number of aromatic nitrogens is 2. The number of hydrogen-bond acceptors (Lipinski definition) is 7. The number of hydrogen-bond donors (Lipinski definition) is 2. The van der Waals surface area contributed by atoms with Crippen molar-refractivity contribution < 1.29 is 4.79 Å². The molecule has 2 aliphatic rings. The summed E-state index contributed by atoms with van der Waals surface area (Å²) in [6.45, 7) is 7.26. The van der Waals surface area contributed by atoms with Gasteiger partial charge in [0.25, 0.3) is 5.91 Å². The highest BCUT2D eigenvalue weighted by molar-refractivity contribution is 6.04. The highest BCUT2D eigenvalue weighted by atomic mass is 16.1. The maximum absolute atomic E-state index is 12.9. The van der Waals surface area contributed by atoms with Gasteiger partial charge in [0.05, 0.1) is 5.69 Å². The third kappa shape index (κ3) is 6.47. The molecule has 0 aliphatic carbocycles. The molecule has 190 valence electrons. The Kier molecular flexibility index (Phi) is 7.67. The monoisotopic (exact) mass is 495 g/mol. The summed E-state index contributed by atoms with van der Waals surface area (Å²) in [5.74, 6) is 0.374. The Balaban J connectivity index is 1.23. The van der Waals surface area contributed by atoms with E-state index < -0.39 is 0 Å². The van der Waals surface area contributed by atoms with Crippen LogP contribution in [0.15, 0.2) is 65.9 Å². The van der Waals surface area contributed by atoms with E-state index in [2.05, 4.69) is 42.4 Å². The van der Waals surface area contributed by atoms with E-state index in [0.29, 0.717) is 17.2 Å². The van der Waals surface area contributed by atoms with Crippen LogP contribution in [0, 0.1) is 6.92 Å². The Morgan fingerprint density at radius 3 is 2.59 bits per heavy atom. The van der Waals surface area contributed by atoms with Crippen LogP contribution in [0.2, 0.25) is 0 Å². The van der Waals surface area contributed by atoms with Crippen LogP contribution in [0.3, 0.4) is 0 Å². The van der Waals surface area contributed by atoms with Gasteiger partial charge in [-0.2, -0.15) is 0 Å². The van der Waals surface area contributed by atoms with Crippen molar-refractivity contribution in [1.82, 2.24) is 19.8 Å². The van der Waals surface area contributed by atoms with Crippen LogP contribution in [0.1, 0.15) is 40.0 Å². The average molecular weight is 496 g/mol. The molecule has 37 heavy (non-hydrogen) atoms. The molecular weight excluding hydrogens is 462 g/mol. The number of carbonyl (C=O) groups is 1. The van der Waals surface area contributed by atoms with Crippen LogP contribution >= 0.6 is 0 Å². The molecule has 3 aromatic rings. The molecule has 3 heterocycles. The van der Waals surface area contributed by atoms with Gasteiger partial charge in [-0.15, -0.1) is 0 Å². The maximum atomic E-state index is 12.9. The predicted octanol–water partition coefficient (Wildman–Crippen LogP) is 4.73. The smallest absolute Gasteiger partial charge is 0.255 e. The van der Waals surface area contributed by atoms with Gasteiger partial charge in [0.2, 0.25) is 5.95 Å². The molecule has 0 radical (unpaired) electrons. The van der Waals surface area contributed by atoms with Crippen LogP contribution in [0.25, 0.3) is 5.57 Å². The summed E-state index contributed by atoms with van der Waals surface area (Å²) >= 11 is 0. The van der Waals surface area contributed by atoms with Gasteiger partial charge in [-0.1, -0.05) is 18.2 Å². The fourth-order valence-electron chi connectivity index (χ4n) is 4.48. The maximum Gasteiger partial charge on any atom is 0.255 e. The number of piperazine rings is 1. The van der Waals surface area contributed by atoms with Crippen molar-refractivity contribution in [3.63, 3.8) is 0 Å². The molecule has 0 spiro atoms. The number of nitrogens with one attached hydrogen (secondary N) is 2. The Labute approximate surface area is 218 Å². The molecule has 1 aromatic heterocycles. The van der Waals surface area contributed by atoms with E-state index in [-0.39, 0.29) is 5.91 Å². The topological polar surface area (TPSA) is 85.8 Å². The molecule has 1 amide bonds. The van der Waals surface area contributed by atoms with Gasteiger partial charge < -0.3 is 15.5 Å². The molecule has 0 atom stereocenters. The zero-order valence-corrected chi connectivity index (χ0v) is 21.4. The first kappa shape index (κ1) is 24.8. The zero-order valence-electron chi connectivity index (χ0n) is 21.4. The number of carbonyl (C=O) groups excluding carboxylic acids is 1. The quantitative estimate of drug-likeness (QED) is 0.493. The Bertz CT molecular complexity index is 1310. The fourth-order valence-corrected chi connectivity index (χ4v) is 4.48. The van der Waals surface area contributed by atoms with E-state index in [1.807, 2.05) is 67.9 Å². The van der Waals surface area contributed by atoms with E-state index in [1.54, 1.807) is 6.20 Å². The number of rotatable bonds is 7. The molecule has 2 N–H and O–H groups in total. The molecule has 8 nitrogen and oxygen atoms in total. The second-order valence-corrected chi connectivity index (χ2v) is 9.68. The second kappa shape index (κ2) is 11.5. The van der Waals surface area contributed by atoms with Crippen molar-refractivity contribution in [1.29, 1.82) is 0 Å². The van der Waals surface area contributed by atoms with Crippen molar-refractivity contribution in [2.45, 2.75) is 26.3 Å². The number of likely N-dealkylation sites (N-methyl/N-ethyl adjacent to an activating group) is 1. The van der Waals surface area contributed by atoms with Gasteiger partial charge >= 0.3 is 0 Å². The van der Waals surface area contributed by atoms with E-state index >= 15 is 0 Å². The van der Waals surface area contributed by atoms with Crippen LogP contribution < -0.4 is 10.6 Å². The summed E-state index contributed by atoms with van der Waals surface area (Å²) in [6.07, 6.45) is 7.35. The largest absolute Gasteiger partial charge is 0.324 e. The highest BCUT2D eigenvalue weighted by Crippen LogP contribution is 2.25. The summed E-state index contributed by atoms with van der Waals surface area (Å²) in [4.78, 5) is 31.0. The number of aliphatic imine (C=N–C) groups is 1. The van der Waals surface area contributed by atoms with E-state index in [9.17, 15) is 4.79 Å². The number of anilines is 3. The van der Waals surface area contributed by atoms with Crippen LogP contribution in [0.5, 0.6) is 0 Å². The van der Waals surface area contributed by atoms with Gasteiger partial charge in [0.15, 0.2) is 0 Å². The van der Waals surface area contributed by atoms with Crippen molar-refractivity contribution in [3.05, 3.63) is 83.3 Å². The second-order valence-electron chi connectivity index (χ2n) is 9.68. The normalized spacial score (nSPS) is 16.3. The predicted molar refractivity (Wildman–Crippen MR) is 149 cm³/mol. The third-order valence-corrected chi connectivity index (χ3v) is 6.82. The molecule has 5 rings (SSSR count). The Morgan fingerprint density at radius 1 is 1.03 bits per heavy atom. The van der Waals surface area contributed by atoms with Gasteiger partial charge in [-0.25, -0.2) is 9.97 Å². The zero-order chi connectivity index (χ0) is 25.6. The lowest BCUT2D eigenvalue weighted by molar-refractivity contribution is 0.102. The fraction of sp³-hybridized carbons (Fsp3) is 0.310. The number of nitrogens with zero attached hydrogens (tertiary/aromatic N) is 5. The summed E-state index contributed by atoms with van der Waals surface area (Å²) in [5, 5.41) is 6.33. The standard InChI is InChI=1S/C29H33N7O/c1-21-5-10-25(18-27(21)34-29-31-13-11-26(33-29)24-4-3-12-30-19-24)32-28(37)23-8-6-22(7-9-23)20-36-16-14-35(2)15-17-36/h5-13,18-19H,3-4,14-17,20H2,1-2H3,(H,32,37)(H,31,33,34). The first-order valence-corrected chi connectivity index (χ1v) is 12.8. The molecule has 1 saturated heterocycles. The molecule has 1 fully saturated rings. The first-order valence-electron chi connectivity index (χ1n) is 12.8. The molecule has 2 aromatic carbocycles. The molecule has 0 bridgehead atoms. The minimum atomic E-state index is -0.135. The van der Waals surface area contributed by atoms with Crippen LogP contribution in [0.4, 0.5) is 17.3 Å². The van der Waals surface area contributed by atoms with Crippen molar-refractivity contribution in [2.24, 2.45) is 4.99 Å². The molecule has 8 heteroatoms. The molecule has 2 aliphatic heterocycles. The number of aryl methyl sites for hydroxylation is 1. The summed E-state index contributed by atoms with van der Waals surface area (Å²) in [5.41, 5.74) is 6.40. The van der Waals surface area contributed by atoms with Crippen molar-refractivity contribution in [3.8, 4) is 0 Å². The molecule has 0 unspecified atom stereocenters. The lowest BCUT2D eigenvalue weighted by Gasteiger charge is -2.32. The van der Waals surface area contributed by atoms with Gasteiger partial charge in [-0.05, 0) is 73.8 Å². The SMILES string of the molecule is Cc1ccc(NC(=O)c2ccc(CN3CCN(C)CC3)cc2)cc1Nc1nccc(C2=CN=CCC2)n1.